The van der Waals surface area contributed by atoms with Gasteiger partial charge in [0.1, 0.15) is 0 Å². The molecule has 0 N–H and O–H groups in total. The van der Waals surface area contributed by atoms with Crippen LogP contribution in [-0.4, -0.2) is 0 Å². The fourth-order valence-corrected chi connectivity index (χ4v) is 11.0. The zero-order valence-corrected chi connectivity index (χ0v) is 36.7. The molecule has 0 saturated carbocycles. The molecule has 2 nitrogen and oxygen atoms in total. The third-order valence-corrected chi connectivity index (χ3v) is 14.2. The van der Waals surface area contributed by atoms with E-state index in [-0.39, 0.29) is 10.8 Å². The number of para-hydroxylation sites is 2. The van der Waals surface area contributed by atoms with E-state index in [1.165, 1.54) is 88.7 Å². The molecule has 0 radical (unpaired) electrons. The van der Waals surface area contributed by atoms with Crippen LogP contribution in [0.3, 0.4) is 0 Å². The van der Waals surface area contributed by atoms with Crippen LogP contribution in [0.2, 0.25) is 0 Å². The van der Waals surface area contributed by atoms with Gasteiger partial charge >= 0.3 is 0 Å². The molecule has 0 unspecified atom stereocenters. The first-order valence-corrected chi connectivity index (χ1v) is 22.5. The molecule has 0 fully saturated rings. The minimum Gasteiger partial charge on any atom is -0.310 e. The lowest BCUT2D eigenvalue weighted by Crippen LogP contribution is -2.31. The van der Waals surface area contributed by atoms with Gasteiger partial charge in [-0.1, -0.05) is 198 Å². The minimum absolute atomic E-state index is 0.100. The molecule has 1 aliphatic carbocycles. The van der Waals surface area contributed by atoms with E-state index >= 15 is 0 Å². The maximum Gasteiger partial charge on any atom is 0.0618 e. The van der Waals surface area contributed by atoms with Crippen molar-refractivity contribution in [3.05, 3.63) is 241 Å². The first-order valence-electron chi connectivity index (χ1n) is 22.5. The van der Waals surface area contributed by atoms with Gasteiger partial charge in [0.25, 0.3) is 0 Å². The van der Waals surface area contributed by atoms with Crippen LogP contribution >= 0.6 is 0 Å². The highest BCUT2D eigenvalue weighted by molar-refractivity contribution is 6.08. The molecule has 0 aromatic heterocycles. The topological polar surface area (TPSA) is 6.48 Å². The Hall–Kier alpha value is -7.68. The van der Waals surface area contributed by atoms with Gasteiger partial charge in [-0.05, 0) is 115 Å². The van der Waals surface area contributed by atoms with Crippen molar-refractivity contribution in [1.29, 1.82) is 0 Å². The Morgan fingerprint density at radius 2 is 0.875 bits per heavy atom. The minimum atomic E-state index is -0.220. The summed E-state index contributed by atoms with van der Waals surface area (Å²) in [6.45, 7) is 9.47. The predicted octanol–water partition coefficient (Wildman–Crippen LogP) is 17.2. The molecular formula is C62H48N2. The Bertz CT molecular complexity index is 3440. The number of hydrogen-bond acceptors (Lipinski definition) is 2. The molecule has 0 spiro atoms. The van der Waals surface area contributed by atoms with E-state index in [0.717, 1.165) is 22.6 Å². The summed E-state index contributed by atoms with van der Waals surface area (Å²) in [7, 11) is 0. The van der Waals surface area contributed by atoms with Crippen molar-refractivity contribution >= 4 is 55.7 Å². The van der Waals surface area contributed by atoms with Gasteiger partial charge in [-0.3, -0.25) is 0 Å². The summed E-state index contributed by atoms with van der Waals surface area (Å²) >= 11 is 0. The van der Waals surface area contributed by atoms with Crippen molar-refractivity contribution in [3.8, 4) is 33.4 Å². The van der Waals surface area contributed by atoms with Gasteiger partial charge in [0.2, 0.25) is 0 Å². The smallest absolute Gasteiger partial charge is 0.0618 e. The highest BCUT2D eigenvalue weighted by Crippen LogP contribution is 2.56. The molecule has 2 heteroatoms. The second-order valence-electron chi connectivity index (χ2n) is 18.5. The predicted molar refractivity (Wildman–Crippen MR) is 271 cm³/mol. The second-order valence-corrected chi connectivity index (χ2v) is 18.5. The Kier molecular flexibility index (Phi) is 8.58. The molecule has 0 amide bonds. The normalized spacial score (nSPS) is 14.2. The van der Waals surface area contributed by atoms with Crippen LogP contribution in [-0.2, 0) is 10.8 Å². The van der Waals surface area contributed by atoms with Crippen LogP contribution in [0, 0.1) is 0 Å². The van der Waals surface area contributed by atoms with E-state index in [1.54, 1.807) is 0 Å². The molecule has 0 bridgehead atoms. The molecule has 12 rings (SSSR count). The average molecular weight is 821 g/mol. The second kappa shape index (κ2) is 14.4. The standard InChI is InChI=1S/C62H48N2/c1-61(2)54-26-13-12-24-52(54)53-37-35-47(40-57(53)61)63(45-20-6-5-7-21-45)46-33-29-43(30-34-46)51-36-31-42-18-9-11-23-50(42)60(51)64-58-28-15-14-27-55(58)62(3,4)56-38-32-44(39-59(56)64)49-25-16-19-41-17-8-10-22-48(41)49/h5-40H,1-4H3. The lowest BCUT2D eigenvalue weighted by molar-refractivity contribution is 0.632. The van der Waals surface area contributed by atoms with Crippen LogP contribution in [0.4, 0.5) is 34.1 Å². The summed E-state index contributed by atoms with van der Waals surface area (Å²) in [5.74, 6) is 0. The van der Waals surface area contributed by atoms with Crippen molar-refractivity contribution in [2.24, 2.45) is 0 Å². The summed E-state index contributed by atoms with van der Waals surface area (Å²) < 4.78 is 0. The first kappa shape index (κ1) is 38.0. The van der Waals surface area contributed by atoms with Crippen molar-refractivity contribution in [2.45, 2.75) is 38.5 Å². The van der Waals surface area contributed by atoms with Gasteiger partial charge in [0.15, 0.2) is 0 Å². The first-order chi connectivity index (χ1) is 31.3. The molecule has 306 valence electrons. The van der Waals surface area contributed by atoms with Gasteiger partial charge in [0, 0.05) is 38.8 Å². The number of anilines is 6. The molecule has 10 aromatic carbocycles. The average Bonchev–Trinajstić information content (AvgIpc) is 3.57. The van der Waals surface area contributed by atoms with Gasteiger partial charge in [-0.2, -0.15) is 0 Å². The molecule has 64 heavy (non-hydrogen) atoms. The molecule has 10 aromatic rings. The Morgan fingerprint density at radius 1 is 0.328 bits per heavy atom. The highest BCUT2D eigenvalue weighted by Gasteiger charge is 2.39. The number of nitrogens with zero attached hydrogens (tertiary/aromatic N) is 2. The fraction of sp³-hybridized carbons (Fsp3) is 0.0968. The Balaban J connectivity index is 1.03. The largest absolute Gasteiger partial charge is 0.310 e. The molecule has 0 atom stereocenters. The van der Waals surface area contributed by atoms with Crippen LogP contribution in [0.25, 0.3) is 54.9 Å². The van der Waals surface area contributed by atoms with Crippen molar-refractivity contribution in [3.63, 3.8) is 0 Å². The Morgan fingerprint density at radius 3 is 1.69 bits per heavy atom. The maximum atomic E-state index is 2.57. The molecular weight excluding hydrogens is 773 g/mol. The third-order valence-electron chi connectivity index (χ3n) is 14.2. The summed E-state index contributed by atoms with van der Waals surface area (Å²) in [5.41, 5.74) is 19.5. The number of rotatable bonds is 6. The lowest BCUT2D eigenvalue weighted by atomic mass is 9.73. The van der Waals surface area contributed by atoms with Crippen LogP contribution in [0.5, 0.6) is 0 Å². The SMILES string of the molecule is CC1(C)c2ccccc2-c2ccc(N(c3ccccc3)c3ccc(-c4ccc5ccccc5c4N4c5ccccc5C(C)(C)c5ccc(-c6cccc7ccccc67)cc54)cc3)cc21. The monoisotopic (exact) mass is 820 g/mol. The maximum absolute atomic E-state index is 2.57. The van der Waals surface area contributed by atoms with E-state index in [9.17, 15) is 0 Å². The summed E-state index contributed by atoms with van der Waals surface area (Å²) in [5, 5.41) is 4.93. The Labute approximate surface area is 376 Å². The van der Waals surface area contributed by atoms with Gasteiger partial charge in [-0.25, -0.2) is 0 Å². The molecule has 1 heterocycles. The van der Waals surface area contributed by atoms with E-state index in [4.69, 9.17) is 0 Å². The number of benzene rings is 10. The van der Waals surface area contributed by atoms with Crippen molar-refractivity contribution in [2.75, 3.05) is 9.80 Å². The van der Waals surface area contributed by atoms with Gasteiger partial charge in [0.05, 0.1) is 17.1 Å². The zero-order valence-electron chi connectivity index (χ0n) is 36.7. The van der Waals surface area contributed by atoms with E-state index in [0.29, 0.717) is 0 Å². The van der Waals surface area contributed by atoms with Gasteiger partial charge in [-0.15, -0.1) is 0 Å². The van der Waals surface area contributed by atoms with E-state index < -0.39 is 0 Å². The van der Waals surface area contributed by atoms with E-state index in [2.05, 4.69) is 256 Å². The quantitative estimate of drug-likeness (QED) is 0.165. The van der Waals surface area contributed by atoms with E-state index in [1.807, 2.05) is 0 Å². The van der Waals surface area contributed by atoms with Crippen molar-refractivity contribution < 1.29 is 0 Å². The molecule has 2 aliphatic rings. The van der Waals surface area contributed by atoms with Gasteiger partial charge < -0.3 is 9.80 Å². The van der Waals surface area contributed by atoms with Crippen LogP contribution in [0.1, 0.15) is 49.9 Å². The number of hydrogen-bond donors (Lipinski definition) is 0. The summed E-state index contributed by atoms with van der Waals surface area (Å²) in [4.78, 5) is 4.97. The van der Waals surface area contributed by atoms with Crippen molar-refractivity contribution in [1.82, 2.24) is 0 Å². The van der Waals surface area contributed by atoms with Crippen LogP contribution in [0.15, 0.2) is 218 Å². The molecule has 1 aliphatic heterocycles. The lowest BCUT2D eigenvalue weighted by Gasteiger charge is -2.43. The highest BCUT2D eigenvalue weighted by atomic mass is 15.2. The fourth-order valence-electron chi connectivity index (χ4n) is 11.0. The summed E-state index contributed by atoms with van der Waals surface area (Å²) in [6, 6.07) is 81.0. The number of fused-ring (bicyclic) bond motifs is 7. The third kappa shape index (κ3) is 5.79. The summed E-state index contributed by atoms with van der Waals surface area (Å²) in [6.07, 6.45) is 0. The molecule has 0 saturated heterocycles. The zero-order chi connectivity index (χ0) is 43.2. The van der Waals surface area contributed by atoms with Crippen LogP contribution < -0.4 is 9.80 Å².